The molecule has 1 nitrogen and oxygen atoms in total. The van der Waals surface area contributed by atoms with Crippen molar-refractivity contribution in [1.82, 2.24) is 0 Å². The van der Waals surface area contributed by atoms with E-state index in [2.05, 4.69) is 27.8 Å². The molecule has 76 valence electrons. The van der Waals surface area contributed by atoms with E-state index in [1.54, 1.807) is 0 Å². The van der Waals surface area contributed by atoms with E-state index in [0.717, 1.165) is 29.5 Å². The SMILES string of the molecule is CC1CCCN1c1ccc(Br)cc1F. The molecule has 0 spiro atoms. The van der Waals surface area contributed by atoms with Crippen molar-refractivity contribution < 1.29 is 4.39 Å². The molecule has 1 aliphatic rings. The Bertz CT molecular complexity index is 340. The molecule has 3 heteroatoms. The Kier molecular flexibility index (Phi) is 2.77. The normalized spacial score (nSPS) is 21.6. The Labute approximate surface area is 92.0 Å². The minimum atomic E-state index is -0.131. The van der Waals surface area contributed by atoms with E-state index in [9.17, 15) is 4.39 Å². The second-order valence-corrected chi connectivity index (χ2v) is 4.70. The van der Waals surface area contributed by atoms with E-state index in [4.69, 9.17) is 0 Å². The van der Waals surface area contributed by atoms with Crippen LogP contribution in [0.5, 0.6) is 0 Å². The van der Waals surface area contributed by atoms with Crippen LogP contribution >= 0.6 is 15.9 Å². The predicted octanol–water partition coefficient (Wildman–Crippen LogP) is 3.58. The fourth-order valence-corrected chi connectivity index (χ4v) is 2.34. The van der Waals surface area contributed by atoms with Gasteiger partial charge in [0.25, 0.3) is 0 Å². The van der Waals surface area contributed by atoms with E-state index in [-0.39, 0.29) is 5.82 Å². The lowest BCUT2D eigenvalue weighted by Crippen LogP contribution is -2.27. The van der Waals surface area contributed by atoms with Crippen LogP contribution < -0.4 is 4.90 Å². The number of hydrogen-bond acceptors (Lipinski definition) is 1. The average molecular weight is 258 g/mol. The van der Waals surface area contributed by atoms with Gasteiger partial charge < -0.3 is 4.90 Å². The molecule has 0 aromatic heterocycles. The number of anilines is 1. The summed E-state index contributed by atoms with van der Waals surface area (Å²) in [5.41, 5.74) is 0.734. The number of hydrogen-bond donors (Lipinski definition) is 0. The molecule has 0 radical (unpaired) electrons. The lowest BCUT2D eigenvalue weighted by atomic mass is 10.2. The molecular weight excluding hydrogens is 245 g/mol. The second-order valence-electron chi connectivity index (χ2n) is 3.78. The zero-order valence-corrected chi connectivity index (χ0v) is 9.72. The highest BCUT2D eigenvalue weighted by Crippen LogP contribution is 2.29. The highest BCUT2D eigenvalue weighted by Gasteiger charge is 2.22. The molecule has 0 bridgehead atoms. The van der Waals surface area contributed by atoms with Gasteiger partial charge in [0.05, 0.1) is 5.69 Å². The van der Waals surface area contributed by atoms with Crippen molar-refractivity contribution in [3.63, 3.8) is 0 Å². The van der Waals surface area contributed by atoms with Gasteiger partial charge >= 0.3 is 0 Å². The zero-order chi connectivity index (χ0) is 10.1. The summed E-state index contributed by atoms with van der Waals surface area (Å²) in [5.74, 6) is -0.131. The van der Waals surface area contributed by atoms with Crippen LogP contribution in [0.25, 0.3) is 0 Å². The summed E-state index contributed by atoms with van der Waals surface area (Å²) in [6.07, 6.45) is 2.33. The van der Waals surface area contributed by atoms with Gasteiger partial charge in [-0.1, -0.05) is 15.9 Å². The van der Waals surface area contributed by atoms with Gasteiger partial charge in [0.15, 0.2) is 0 Å². The Morgan fingerprint density at radius 2 is 2.29 bits per heavy atom. The first kappa shape index (κ1) is 9.97. The first-order valence-corrected chi connectivity index (χ1v) is 5.69. The van der Waals surface area contributed by atoms with E-state index >= 15 is 0 Å². The van der Waals surface area contributed by atoms with Gasteiger partial charge in [-0.2, -0.15) is 0 Å². The molecule has 1 saturated heterocycles. The first-order valence-electron chi connectivity index (χ1n) is 4.90. The summed E-state index contributed by atoms with van der Waals surface area (Å²) in [4.78, 5) is 2.14. The Morgan fingerprint density at radius 3 is 2.86 bits per heavy atom. The molecule has 14 heavy (non-hydrogen) atoms. The maximum Gasteiger partial charge on any atom is 0.147 e. The smallest absolute Gasteiger partial charge is 0.147 e. The summed E-state index contributed by atoms with van der Waals surface area (Å²) >= 11 is 3.26. The van der Waals surface area contributed by atoms with Crippen LogP contribution in [0.3, 0.4) is 0 Å². The fourth-order valence-electron chi connectivity index (χ4n) is 2.01. The highest BCUT2D eigenvalue weighted by molar-refractivity contribution is 9.10. The lowest BCUT2D eigenvalue weighted by molar-refractivity contribution is 0.613. The molecule has 1 heterocycles. The highest BCUT2D eigenvalue weighted by atomic mass is 79.9. The van der Waals surface area contributed by atoms with E-state index in [1.807, 2.05) is 12.1 Å². The minimum absolute atomic E-state index is 0.131. The average Bonchev–Trinajstić information content (AvgIpc) is 2.52. The Balaban J connectivity index is 2.31. The minimum Gasteiger partial charge on any atom is -0.366 e. The molecule has 1 aromatic carbocycles. The van der Waals surface area contributed by atoms with Crippen molar-refractivity contribution in [1.29, 1.82) is 0 Å². The molecule has 0 saturated carbocycles. The van der Waals surface area contributed by atoms with Gasteiger partial charge in [0.2, 0.25) is 0 Å². The summed E-state index contributed by atoms with van der Waals surface area (Å²) in [6.45, 7) is 3.12. The number of nitrogens with zero attached hydrogens (tertiary/aromatic N) is 1. The van der Waals surface area contributed by atoms with Crippen molar-refractivity contribution in [2.75, 3.05) is 11.4 Å². The lowest BCUT2D eigenvalue weighted by Gasteiger charge is -2.24. The number of rotatable bonds is 1. The van der Waals surface area contributed by atoms with Crippen molar-refractivity contribution in [2.45, 2.75) is 25.8 Å². The van der Waals surface area contributed by atoms with Crippen LogP contribution in [0.4, 0.5) is 10.1 Å². The van der Waals surface area contributed by atoms with Gasteiger partial charge in [0, 0.05) is 17.1 Å². The third kappa shape index (κ3) is 1.78. The maximum absolute atomic E-state index is 13.6. The third-order valence-electron chi connectivity index (χ3n) is 2.77. The molecule has 1 aliphatic heterocycles. The van der Waals surface area contributed by atoms with Crippen molar-refractivity contribution in [3.8, 4) is 0 Å². The van der Waals surface area contributed by atoms with Crippen LogP contribution in [-0.4, -0.2) is 12.6 Å². The van der Waals surface area contributed by atoms with Crippen LogP contribution in [-0.2, 0) is 0 Å². The molecule has 0 aliphatic carbocycles. The first-order chi connectivity index (χ1) is 6.68. The molecule has 0 amide bonds. The van der Waals surface area contributed by atoms with Gasteiger partial charge in [-0.05, 0) is 38.0 Å². The topological polar surface area (TPSA) is 3.24 Å². The second kappa shape index (κ2) is 3.89. The van der Waals surface area contributed by atoms with E-state index in [1.165, 1.54) is 6.07 Å². The van der Waals surface area contributed by atoms with E-state index < -0.39 is 0 Å². The Hall–Kier alpha value is -0.570. The van der Waals surface area contributed by atoms with E-state index in [0.29, 0.717) is 6.04 Å². The molecule has 0 N–H and O–H groups in total. The molecule has 2 rings (SSSR count). The molecule has 1 fully saturated rings. The number of halogens is 2. The summed E-state index contributed by atoms with van der Waals surface area (Å²) in [7, 11) is 0. The van der Waals surface area contributed by atoms with Crippen LogP contribution in [0.1, 0.15) is 19.8 Å². The predicted molar refractivity (Wildman–Crippen MR) is 60.1 cm³/mol. The van der Waals surface area contributed by atoms with Crippen molar-refractivity contribution in [3.05, 3.63) is 28.5 Å². The van der Waals surface area contributed by atoms with Crippen molar-refractivity contribution >= 4 is 21.6 Å². The van der Waals surface area contributed by atoms with Crippen LogP contribution in [0.2, 0.25) is 0 Å². The molecule has 1 unspecified atom stereocenters. The standard InChI is InChI=1S/C11H13BrFN/c1-8-3-2-6-14(8)11-5-4-9(12)7-10(11)13/h4-5,7-8H,2-3,6H2,1H3. The van der Waals surface area contributed by atoms with Gasteiger partial charge in [-0.3, -0.25) is 0 Å². The van der Waals surface area contributed by atoms with Gasteiger partial charge in [-0.25, -0.2) is 4.39 Å². The van der Waals surface area contributed by atoms with Crippen molar-refractivity contribution in [2.24, 2.45) is 0 Å². The van der Waals surface area contributed by atoms with Gasteiger partial charge in [0.1, 0.15) is 5.82 Å². The molecular formula is C11H13BrFN. The molecule has 1 atom stereocenters. The zero-order valence-electron chi connectivity index (χ0n) is 8.13. The fraction of sp³-hybridized carbons (Fsp3) is 0.455. The summed E-state index contributed by atoms with van der Waals surface area (Å²) in [5, 5.41) is 0. The maximum atomic E-state index is 13.6. The Morgan fingerprint density at radius 1 is 1.50 bits per heavy atom. The third-order valence-corrected chi connectivity index (χ3v) is 3.27. The van der Waals surface area contributed by atoms with Crippen LogP contribution in [0.15, 0.2) is 22.7 Å². The quantitative estimate of drug-likeness (QED) is 0.744. The van der Waals surface area contributed by atoms with Crippen LogP contribution in [0, 0.1) is 5.82 Å². The largest absolute Gasteiger partial charge is 0.366 e. The summed E-state index contributed by atoms with van der Waals surface area (Å²) < 4.78 is 14.4. The number of benzene rings is 1. The van der Waals surface area contributed by atoms with Gasteiger partial charge in [-0.15, -0.1) is 0 Å². The summed E-state index contributed by atoms with van der Waals surface area (Å²) in [6, 6.07) is 5.73. The monoisotopic (exact) mass is 257 g/mol. The molecule has 1 aromatic rings.